The van der Waals surface area contributed by atoms with Crippen LogP contribution >= 0.6 is 0 Å². The minimum absolute atomic E-state index is 0.628. The number of ether oxygens (including phenoxy) is 2. The minimum Gasteiger partial charge on any atom is -0.496 e. The number of hydrogen-bond donors (Lipinski definition) is 0. The van der Waals surface area contributed by atoms with E-state index in [4.69, 9.17) is 9.47 Å². The number of rotatable bonds is 2. The van der Waals surface area contributed by atoms with E-state index in [1.54, 1.807) is 38.7 Å². The van der Waals surface area contributed by atoms with Crippen LogP contribution in [-0.4, -0.2) is 24.2 Å². The second-order valence-electron chi connectivity index (χ2n) is 2.73. The van der Waals surface area contributed by atoms with E-state index in [0.29, 0.717) is 5.65 Å². The standard InChI is InChI=1S/C10H10N2O2/c1-13-7-3-5-11-10-9(7)8(14-2)4-6-12-10/h3-6H,1-2H3. The molecule has 0 bridgehead atoms. The number of methoxy groups -OCH3 is 2. The zero-order valence-corrected chi connectivity index (χ0v) is 8.02. The van der Waals surface area contributed by atoms with Crippen LogP contribution < -0.4 is 9.47 Å². The highest BCUT2D eigenvalue weighted by Gasteiger charge is 2.08. The highest BCUT2D eigenvalue weighted by Crippen LogP contribution is 2.30. The van der Waals surface area contributed by atoms with Crippen molar-refractivity contribution in [1.29, 1.82) is 0 Å². The maximum Gasteiger partial charge on any atom is 0.166 e. The molecule has 0 N–H and O–H groups in total. The Hall–Kier alpha value is -1.84. The molecule has 2 aromatic rings. The third-order valence-electron chi connectivity index (χ3n) is 2.00. The number of pyridine rings is 2. The van der Waals surface area contributed by atoms with Gasteiger partial charge in [-0.05, 0) is 12.1 Å². The van der Waals surface area contributed by atoms with Gasteiger partial charge in [0.2, 0.25) is 0 Å². The van der Waals surface area contributed by atoms with E-state index in [2.05, 4.69) is 9.97 Å². The quantitative estimate of drug-likeness (QED) is 0.722. The summed E-state index contributed by atoms with van der Waals surface area (Å²) in [6, 6.07) is 3.57. The fourth-order valence-electron chi connectivity index (χ4n) is 1.36. The predicted octanol–water partition coefficient (Wildman–Crippen LogP) is 1.65. The van der Waals surface area contributed by atoms with Gasteiger partial charge in [0.25, 0.3) is 0 Å². The van der Waals surface area contributed by atoms with Gasteiger partial charge >= 0.3 is 0 Å². The van der Waals surface area contributed by atoms with Crippen molar-refractivity contribution >= 4 is 11.0 Å². The average Bonchev–Trinajstić information content (AvgIpc) is 2.27. The lowest BCUT2D eigenvalue weighted by Gasteiger charge is -2.07. The Balaban J connectivity index is 2.81. The number of fused-ring (bicyclic) bond motifs is 1. The van der Waals surface area contributed by atoms with Gasteiger partial charge in [0.15, 0.2) is 5.65 Å². The maximum absolute atomic E-state index is 5.21. The van der Waals surface area contributed by atoms with Crippen LogP contribution in [0.1, 0.15) is 0 Å². The van der Waals surface area contributed by atoms with Gasteiger partial charge < -0.3 is 9.47 Å². The third-order valence-corrected chi connectivity index (χ3v) is 2.00. The molecule has 2 heterocycles. The van der Waals surface area contributed by atoms with Crippen LogP contribution in [0.25, 0.3) is 11.0 Å². The summed E-state index contributed by atoms with van der Waals surface area (Å²) in [6.45, 7) is 0. The molecule has 0 saturated carbocycles. The van der Waals surface area contributed by atoms with Gasteiger partial charge in [-0.1, -0.05) is 0 Å². The first kappa shape index (κ1) is 8.74. The fraction of sp³-hybridized carbons (Fsp3) is 0.200. The van der Waals surface area contributed by atoms with E-state index in [9.17, 15) is 0 Å². The van der Waals surface area contributed by atoms with Crippen LogP contribution in [0.2, 0.25) is 0 Å². The molecule has 0 saturated heterocycles. The average molecular weight is 190 g/mol. The van der Waals surface area contributed by atoms with Crippen LogP contribution in [0.5, 0.6) is 11.5 Å². The Morgan fingerprint density at radius 3 is 1.86 bits per heavy atom. The van der Waals surface area contributed by atoms with Crippen molar-refractivity contribution in [2.45, 2.75) is 0 Å². The zero-order chi connectivity index (χ0) is 9.97. The van der Waals surface area contributed by atoms with E-state index in [-0.39, 0.29) is 0 Å². The molecular formula is C10H10N2O2. The van der Waals surface area contributed by atoms with Crippen molar-refractivity contribution in [1.82, 2.24) is 9.97 Å². The van der Waals surface area contributed by atoms with Crippen molar-refractivity contribution in [2.24, 2.45) is 0 Å². The zero-order valence-electron chi connectivity index (χ0n) is 8.02. The number of nitrogens with zero attached hydrogens (tertiary/aromatic N) is 2. The molecule has 0 radical (unpaired) electrons. The van der Waals surface area contributed by atoms with Crippen molar-refractivity contribution in [3.05, 3.63) is 24.5 Å². The van der Waals surface area contributed by atoms with Gasteiger partial charge in [0.1, 0.15) is 16.9 Å². The maximum atomic E-state index is 5.21. The summed E-state index contributed by atoms with van der Waals surface area (Å²) in [5.74, 6) is 1.44. The molecule has 0 unspecified atom stereocenters. The van der Waals surface area contributed by atoms with Crippen LogP contribution in [-0.2, 0) is 0 Å². The van der Waals surface area contributed by atoms with E-state index in [1.165, 1.54) is 0 Å². The summed E-state index contributed by atoms with van der Waals surface area (Å²) in [6.07, 6.45) is 3.32. The van der Waals surface area contributed by atoms with Crippen molar-refractivity contribution in [2.75, 3.05) is 14.2 Å². The molecule has 0 atom stereocenters. The van der Waals surface area contributed by atoms with Crippen molar-refractivity contribution in [3.63, 3.8) is 0 Å². The smallest absolute Gasteiger partial charge is 0.166 e. The molecule has 0 aromatic carbocycles. The van der Waals surface area contributed by atoms with Gasteiger partial charge in [-0.3, -0.25) is 0 Å². The molecule has 0 aliphatic heterocycles. The Labute approximate surface area is 81.5 Å². The SMILES string of the molecule is COc1ccnc2nccc(OC)c12. The summed E-state index contributed by atoms with van der Waals surface area (Å²) < 4.78 is 10.4. The molecule has 0 spiro atoms. The topological polar surface area (TPSA) is 44.2 Å². The van der Waals surface area contributed by atoms with Gasteiger partial charge in [-0.2, -0.15) is 0 Å². The number of aromatic nitrogens is 2. The van der Waals surface area contributed by atoms with Crippen LogP contribution in [0.15, 0.2) is 24.5 Å². The van der Waals surface area contributed by atoms with E-state index < -0.39 is 0 Å². The molecular weight excluding hydrogens is 180 g/mol. The molecule has 0 aliphatic carbocycles. The lowest BCUT2D eigenvalue weighted by Crippen LogP contribution is -1.92. The summed E-state index contributed by atoms with van der Waals surface area (Å²) in [5, 5.41) is 0.806. The normalized spacial score (nSPS) is 10.1. The lowest BCUT2D eigenvalue weighted by molar-refractivity contribution is 0.404. The van der Waals surface area contributed by atoms with Gasteiger partial charge in [0, 0.05) is 12.4 Å². The van der Waals surface area contributed by atoms with E-state index in [1.807, 2.05) is 0 Å². The minimum atomic E-state index is 0.628. The Kier molecular flexibility index (Phi) is 2.18. The molecule has 0 fully saturated rings. The molecule has 0 aliphatic rings. The van der Waals surface area contributed by atoms with Crippen LogP contribution in [0, 0.1) is 0 Å². The molecule has 4 heteroatoms. The first-order valence-corrected chi connectivity index (χ1v) is 4.18. The lowest BCUT2D eigenvalue weighted by atomic mass is 10.2. The van der Waals surface area contributed by atoms with Crippen LogP contribution in [0.3, 0.4) is 0 Å². The summed E-state index contributed by atoms with van der Waals surface area (Å²) in [4.78, 5) is 8.25. The predicted molar refractivity (Wildman–Crippen MR) is 52.6 cm³/mol. The molecule has 4 nitrogen and oxygen atoms in total. The highest BCUT2D eigenvalue weighted by molar-refractivity contribution is 5.87. The first-order chi connectivity index (χ1) is 6.86. The van der Waals surface area contributed by atoms with E-state index in [0.717, 1.165) is 16.9 Å². The molecule has 2 rings (SSSR count). The first-order valence-electron chi connectivity index (χ1n) is 4.18. The second-order valence-corrected chi connectivity index (χ2v) is 2.73. The Morgan fingerprint density at radius 2 is 1.43 bits per heavy atom. The molecule has 0 amide bonds. The molecule has 72 valence electrons. The molecule has 2 aromatic heterocycles. The summed E-state index contributed by atoms with van der Waals surface area (Å²) in [5.41, 5.74) is 0.628. The van der Waals surface area contributed by atoms with E-state index >= 15 is 0 Å². The third kappa shape index (κ3) is 1.25. The second kappa shape index (κ2) is 3.49. The molecule has 14 heavy (non-hydrogen) atoms. The Morgan fingerprint density at radius 1 is 0.929 bits per heavy atom. The van der Waals surface area contributed by atoms with Gasteiger partial charge in [-0.25, -0.2) is 9.97 Å². The highest BCUT2D eigenvalue weighted by atomic mass is 16.5. The summed E-state index contributed by atoms with van der Waals surface area (Å²) in [7, 11) is 3.22. The van der Waals surface area contributed by atoms with Crippen molar-refractivity contribution in [3.8, 4) is 11.5 Å². The monoisotopic (exact) mass is 190 g/mol. The summed E-state index contributed by atoms with van der Waals surface area (Å²) >= 11 is 0. The fourth-order valence-corrected chi connectivity index (χ4v) is 1.36. The van der Waals surface area contributed by atoms with Gasteiger partial charge in [0.05, 0.1) is 14.2 Å². The van der Waals surface area contributed by atoms with Crippen LogP contribution in [0.4, 0.5) is 0 Å². The van der Waals surface area contributed by atoms with Gasteiger partial charge in [-0.15, -0.1) is 0 Å². The van der Waals surface area contributed by atoms with Crippen molar-refractivity contribution < 1.29 is 9.47 Å². The largest absolute Gasteiger partial charge is 0.496 e. The Bertz CT molecular complexity index is 418. The number of hydrogen-bond acceptors (Lipinski definition) is 4.